The van der Waals surface area contributed by atoms with E-state index in [1.165, 1.54) is 0 Å². The lowest BCUT2D eigenvalue weighted by atomic mass is 10.0. The summed E-state index contributed by atoms with van der Waals surface area (Å²) < 4.78 is 5.50. The number of rotatable bonds is 1. The van der Waals surface area contributed by atoms with Gasteiger partial charge in [-0.2, -0.15) is 0 Å². The zero-order chi connectivity index (χ0) is 8.43. The van der Waals surface area contributed by atoms with Crippen LogP contribution >= 0.6 is 12.6 Å². The van der Waals surface area contributed by atoms with Gasteiger partial charge < -0.3 is 9.64 Å². The van der Waals surface area contributed by atoms with Crippen LogP contribution < -0.4 is 0 Å². The van der Waals surface area contributed by atoms with Gasteiger partial charge in [-0.1, -0.05) is 0 Å². The minimum atomic E-state index is 0.131. The molecule has 2 unspecified atom stereocenters. The normalized spacial score (nSPS) is 39.5. The summed E-state index contributed by atoms with van der Waals surface area (Å²) >= 11 is 4.33. The molecule has 3 heteroatoms. The Labute approximate surface area is 74.3 Å². The van der Waals surface area contributed by atoms with Gasteiger partial charge in [0, 0.05) is 6.04 Å². The fourth-order valence-corrected chi connectivity index (χ4v) is 1.96. The van der Waals surface area contributed by atoms with Crippen molar-refractivity contribution in [1.29, 1.82) is 0 Å². The molecule has 0 amide bonds. The Balaban J connectivity index is 2.43. The van der Waals surface area contributed by atoms with Crippen LogP contribution in [0, 0.1) is 0 Å². The second-order valence-electron chi connectivity index (χ2n) is 3.49. The highest BCUT2D eigenvalue weighted by molar-refractivity contribution is 7.80. The zero-order valence-corrected chi connectivity index (χ0v) is 8.34. The first-order valence-corrected chi connectivity index (χ1v) is 4.61. The third-order valence-corrected chi connectivity index (χ3v) is 2.53. The van der Waals surface area contributed by atoms with E-state index < -0.39 is 0 Å². The molecule has 2 nitrogen and oxygen atoms in total. The molecule has 1 aliphatic rings. The van der Waals surface area contributed by atoms with E-state index in [0.717, 1.165) is 12.8 Å². The van der Waals surface area contributed by atoms with Gasteiger partial charge in [-0.05, 0) is 33.9 Å². The first kappa shape index (κ1) is 9.36. The van der Waals surface area contributed by atoms with Crippen LogP contribution in [0.3, 0.4) is 0 Å². The molecule has 1 aliphatic heterocycles. The molecule has 0 aromatic rings. The van der Waals surface area contributed by atoms with E-state index in [4.69, 9.17) is 4.74 Å². The van der Waals surface area contributed by atoms with E-state index in [2.05, 4.69) is 38.5 Å². The summed E-state index contributed by atoms with van der Waals surface area (Å²) in [6, 6.07) is 0.640. The lowest BCUT2D eigenvalue weighted by Crippen LogP contribution is -2.39. The van der Waals surface area contributed by atoms with Crippen molar-refractivity contribution in [2.24, 2.45) is 0 Å². The maximum Gasteiger partial charge on any atom is 0.102 e. The minimum Gasteiger partial charge on any atom is -0.365 e. The van der Waals surface area contributed by atoms with E-state index in [0.29, 0.717) is 12.1 Å². The average molecular weight is 175 g/mol. The van der Waals surface area contributed by atoms with Crippen molar-refractivity contribution in [3.8, 4) is 0 Å². The second-order valence-corrected chi connectivity index (χ2v) is 4.07. The largest absolute Gasteiger partial charge is 0.365 e. The third kappa shape index (κ3) is 2.65. The maximum absolute atomic E-state index is 5.50. The molecule has 0 N–H and O–H groups in total. The van der Waals surface area contributed by atoms with E-state index >= 15 is 0 Å². The van der Waals surface area contributed by atoms with Gasteiger partial charge >= 0.3 is 0 Å². The Morgan fingerprint density at radius 1 is 1.36 bits per heavy atom. The molecule has 0 bridgehead atoms. The Bertz CT molecular complexity index is 119. The van der Waals surface area contributed by atoms with Crippen molar-refractivity contribution in [2.45, 2.75) is 37.3 Å². The molecule has 3 atom stereocenters. The monoisotopic (exact) mass is 175 g/mol. The van der Waals surface area contributed by atoms with Crippen molar-refractivity contribution in [3.05, 3.63) is 0 Å². The highest BCUT2D eigenvalue weighted by Gasteiger charge is 2.25. The van der Waals surface area contributed by atoms with Gasteiger partial charge in [-0.3, -0.25) is 0 Å². The quantitative estimate of drug-likeness (QED) is 0.604. The molecule has 0 aromatic heterocycles. The molecule has 1 fully saturated rings. The van der Waals surface area contributed by atoms with Crippen LogP contribution in [0.4, 0.5) is 0 Å². The Morgan fingerprint density at radius 2 is 2.00 bits per heavy atom. The number of hydrogen-bond donors (Lipinski definition) is 1. The van der Waals surface area contributed by atoms with Gasteiger partial charge in [0.1, 0.15) is 5.44 Å². The molecule has 0 saturated carbocycles. The predicted molar refractivity (Wildman–Crippen MR) is 50.0 cm³/mol. The Kier molecular flexibility index (Phi) is 3.22. The minimum absolute atomic E-state index is 0.131. The summed E-state index contributed by atoms with van der Waals surface area (Å²) in [5, 5.41) is 0. The van der Waals surface area contributed by atoms with Crippen molar-refractivity contribution < 1.29 is 4.74 Å². The van der Waals surface area contributed by atoms with Crippen LogP contribution in [0.5, 0.6) is 0 Å². The summed E-state index contributed by atoms with van der Waals surface area (Å²) in [5.74, 6) is 0. The maximum atomic E-state index is 5.50. The fraction of sp³-hybridized carbons (Fsp3) is 1.00. The molecule has 11 heavy (non-hydrogen) atoms. The van der Waals surface area contributed by atoms with Crippen LogP contribution in [0.2, 0.25) is 0 Å². The molecule has 0 aromatic carbocycles. The van der Waals surface area contributed by atoms with Gasteiger partial charge in [0.05, 0.1) is 6.10 Å². The van der Waals surface area contributed by atoms with Crippen molar-refractivity contribution in [2.75, 3.05) is 14.1 Å². The first-order valence-electron chi connectivity index (χ1n) is 4.09. The summed E-state index contributed by atoms with van der Waals surface area (Å²) in [6.45, 7) is 2.11. The molecular weight excluding hydrogens is 158 g/mol. The molecule has 0 aliphatic carbocycles. The SMILES string of the molecule is CC1C[C@H](N(C)C)CC(S)O1. The van der Waals surface area contributed by atoms with Crippen LogP contribution in [0.25, 0.3) is 0 Å². The van der Waals surface area contributed by atoms with Crippen LogP contribution in [-0.4, -0.2) is 36.6 Å². The van der Waals surface area contributed by atoms with E-state index in [-0.39, 0.29) is 5.44 Å². The van der Waals surface area contributed by atoms with Crippen LogP contribution in [0.15, 0.2) is 0 Å². The fourth-order valence-electron chi connectivity index (χ4n) is 1.51. The standard InChI is InChI=1S/C8H17NOS/c1-6-4-7(9(2)3)5-8(11)10-6/h6-8,11H,4-5H2,1-3H3/t6?,7-,8?/m0/s1. The van der Waals surface area contributed by atoms with Crippen LogP contribution in [0.1, 0.15) is 19.8 Å². The van der Waals surface area contributed by atoms with Gasteiger partial charge in [0.15, 0.2) is 0 Å². The summed E-state index contributed by atoms with van der Waals surface area (Å²) in [6.07, 6.45) is 2.53. The molecule has 66 valence electrons. The molecule has 1 saturated heterocycles. The van der Waals surface area contributed by atoms with Crippen molar-refractivity contribution in [3.63, 3.8) is 0 Å². The number of nitrogens with zero attached hydrogens (tertiary/aromatic N) is 1. The van der Waals surface area contributed by atoms with E-state index in [9.17, 15) is 0 Å². The van der Waals surface area contributed by atoms with Crippen LogP contribution in [-0.2, 0) is 4.74 Å². The number of ether oxygens (including phenoxy) is 1. The van der Waals surface area contributed by atoms with E-state index in [1.54, 1.807) is 0 Å². The van der Waals surface area contributed by atoms with E-state index in [1.807, 2.05) is 0 Å². The first-order chi connectivity index (χ1) is 5.09. The number of hydrogen-bond acceptors (Lipinski definition) is 3. The predicted octanol–water partition coefficient (Wildman–Crippen LogP) is 1.37. The molecule has 0 spiro atoms. The summed E-state index contributed by atoms with van der Waals surface area (Å²) in [4.78, 5) is 2.25. The third-order valence-electron chi connectivity index (χ3n) is 2.20. The lowest BCUT2D eigenvalue weighted by Gasteiger charge is -2.35. The van der Waals surface area contributed by atoms with Gasteiger partial charge in [0.25, 0.3) is 0 Å². The van der Waals surface area contributed by atoms with Gasteiger partial charge in [0.2, 0.25) is 0 Å². The van der Waals surface area contributed by atoms with Crippen molar-refractivity contribution in [1.82, 2.24) is 4.90 Å². The molecule has 1 heterocycles. The molecule has 1 rings (SSSR count). The molecule has 0 radical (unpaired) electrons. The summed E-state index contributed by atoms with van der Waals surface area (Å²) in [7, 11) is 4.23. The topological polar surface area (TPSA) is 12.5 Å². The van der Waals surface area contributed by atoms with Gasteiger partial charge in [-0.15, -0.1) is 12.6 Å². The zero-order valence-electron chi connectivity index (χ0n) is 7.45. The summed E-state index contributed by atoms with van der Waals surface area (Å²) in [5.41, 5.74) is 0.131. The second kappa shape index (κ2) is 3.78. The average Bonchev–Trinajstić information content (AvgIpc) is 1.85. The van der Waals surface area contributed by atoms with Crippen molar-refractivity contribution >= 4 is 12.6 Å². The highest BCUT2D eigenvalue weighted by Crippen LogP contribution is 2.23. The number of thiol groups is 1. The van der Waals surface area contributed by atoms with Gasteiger partial charge in [-0.25, -0.2) is 0 Å². The molecular formula is C8H17NOS. The Morgan fingerprint density at radius 3 is 2.45 bits per heavy atom. The smallest absolute Gasteiger partial charge is 0.102 e. The highest BCUT2D eigenvalue weighted by atomic mass is 32.1. The lowest BCUT2D eigenvalue weighted by molar-refractivity contribution is -0.0239. The Hall–Kier alpha value is 0.270.